The Bertz CT molecular complexity index is 1250. The predicted molar refractivity (Wildman–Crippen MR) is 114 cm³/mol. The zero-order valence-corrected chi connectivity index (χ0v) is 16.9. The highest BCUT2D eigenvalue weighted by Gasteiger charge is 2.35. The number of carbonyl (C=O) groups is 1. The van der Waals surface area contributed by atoms with Crippen LogP contribution >= 0.6 is 0 Å². The molecule has 0 atom stereocenters. The lowest BCUT2D eigenvalue weighted by Gasteiger charge is -2.19. The number of sulfonamides is 1. The molecule has 1 amide bonds. The van der Waals surface area contributed by atoms with Gasteiger partial charge in [-0.3, -0.25) is 9.10 Å². The number of hydrogen-bond acceptors (Lipinski definition) is 5. The van der Waals surface area contributed by atoms with Gasteiger partial charge in [0.15, 0.2) is 11.5 Å². The summed E-state index contributed by atoms with van der Waals surface area (Å²) in [6.45, 7) is 1.23. The Balaban J connectivity index is 1.25. The Hall–Kier alpha value is -3.26. The molecule has 3 aromatic rings. The number of fused-ring (bicyclic) bond motifs is 1. The second-order valence-electron chi connectivity index (χ2n) is 7.22. The molecule has 8 heteroatoms. The molecule has 2 heterocycles. The van der Waals surface area contributed by atoms with Gasteiger partial charge in [-0.2, -0.15) is 0 Å². The second-order valence-corrected chi connectivity index (χ2v) is 9.05. The molecule has 0 bridgehead atoms. The van der Waals surface area contributed by atoms with Crippen LogP contribution in [0.5, 0.6) is 11.5 Å². The van der Waals surface area contributed by atoms with Gasteiger partial charge in [0.1, 0.15) is 13.2 Å². The van der Waals surface area contributed by atoms with Crippen molar-refractivity contribution in [2.45, 2.75) is 17.7 Å². The summed E-state index contributed by atoms with van der Waals surface area (Å²) in [6.07, 6.45) is 0.604. The third-order valence-corrected chi connectivity index (χ3v) is 7.13. The van der Waals surface area contributed by atoms with E-state index in [1.807, 2.05) is 24.3 Å². The Morgan fingerprint density at radius 3 is 2.60 bits per heavy atom. The van der Waals surface area contributed by atoms with Crippen molar-refractivity contribution in [1.29, 1.82) is 0 Å². The number of nitrogens with zero attached hydrogens (tertiary/aromatic N) is 1. The molecule has 0 saturated heterocycles. The molecule has 30 heavy (non-hydrogen) atoms. The van der Waals surface area contributed by atoms with Crippen LogP contribution in [0, 0.1) is 0 Å². The summed E-state index contributed by atoms with van der Waals surface area (Å²) in [5, 5.41) is 4.48. The molecule has 0 spiro atoms. The molecule has 0 aliphatic carbocycles. The van der Waals surface area contributed by atoms with Crippen molar-refractivity contribution in [3.8, 4) is 11.5 Å². The van der Waals surface area contributed by atoms with E-state index < -0.39 is 10.0 Å². The third-order valence-electron chi connectivity index (χ3n) is 5.27. The maximum Gasteiger partial charge on any atom is 0.265 e. The normalized spacial score (nSPS) is 15.9. The van der Waals surface area contributed by atoms with E-state index in [0.29, 0.717) is 47.4 Å². The van der Waals surface area contributed by atoms with Crippen LogP contribution < -0.4 is 19.1 Å². The van der Waals surface area contributed by atoms with Crippen molar-refractivity contribution in [3.63, 3.8) is 0 Å². The van der Waals surface area contributed by atoms with Crippen LogP contribution in [0.15, 0.2) is 59.5 Å². The molecular formula is C22H20N2O5S. The second kappa shape index (κ2) is 7.21. The fraction of sp³-hybridized carbons (Fsp3) is 0.227. The Morgan fingerprint density at radius 2 is 1.77 bits per heavy atom. The van der Waals surface area contributed by atoms with E-state index in [4.69, 9.17) is 9.47 Å². The zero-order valence-electron chi connectivity index (χ0n) is 16.1. The minimum absolute atomic E-state index is 0.181. The summed E-state index contributed by atoms with van der Waals surface area (Å²) < 4.78 is 38.3. The molecule has 1 N–H and O–H groups in total. The number of carbonyl (C=O) groups excluding carboxylic acids is 1. The molecule has 0 fully saturated rings. The fourth-order valence-electron chi connectivity index (χ4n) is 3.93. The molecule has 3 aromatic carbocycles. The van der Waals surface area contributed by atoms with Crippen LogP contribution in [-0.4, -0.2) is 34.1 Å². The number of hydrogen-bond donors (Lipinski definition) is 1. The highest BCUT2D eigenvalue weighted by Crippen LogP contribution is 2.42. The molecule has 0 radical (unpaired) electrons. The van der Waals surface area contributed by atoms with Gasteiger partial charge in [0.2, 0.25) is 5.91 Å². The highest BCUT2D eigenvalue weighted by molar-refractivity contribution is 7.93. The molecule has 2 aliphatic heterocycles. The van der Waals surface area contributed by atoms with Gasteiger partial charge in [-0.15, -0.1) is 0 Å². The maximum atomic E-state index is 13.0. The highest BCUT2D eigenvalue weighted by atomic mass is 32.2. The minimum Gasteiger partial charge on any atom is -0.486 e. The first-order chi connectivity index (χ1) is 14.5. The van der Waals surface area contributed by atoms with Gasteiger partial charge >= 0.3 is 0 Å². The van der Waals surface area contributed by atoms with Crippen LogP contribution in [0.2, 0.25) is 0 Å². The molecule has 154 valence electrons. The first-order valence-electron chi connectivity index (χ1n) is 9.78. The molecule has 0 aromatic heterocycles. The summed E-state index contributed by atoms with van der Waals surface area (Å²) in [7, 11) is -3.59. The maximum absolute atomic E-state index is 13.0. The molecule has 7 nitrogen and oxygen atoms in total. The van der Waals surface area contributed by atoms with E-state index in [-0.39, 0.29) is 18.9 Å². The van der Waals surface area contributed by atoms with Crippen molar-refractivity contribution in [3.05, 3.63) is 54.6 Å². The lowest BCUT2D eigenvalue weighted by atomic mass is 10.1. The molecule has 0 unspecified atom stereocenters. The van der Waals surface area contributed by atoms with Crippen molar-refractivity contribution < 1.29 is 22.7 Å². The average molecular weight is 424 g/mol. The SMILES string of the molecule is O=C(CCCN1c2cccc3cccc(c23)S1(=O)=O)Nc1ccc2c(c1)OCCO2. The van der Waals surface area contributed by atoms with Gasteiger partial charge < -0.3 is 14.8 Å². The lowest BCUT2D eigenvalue weighted by molar-refractivity contribution is -0.116. The van der Waals surface area contributed by atoms with Crippen molar-refractivity contribution >= 4 is 38.1 Å². The molecule has 0 saturated carbocycles. The summed E-state index contributed by atoms with van der Waals surface area (Å²) in [5.41, 5.74) is 1.30. The largest absolute Gasteiger partial charge is 0.486 e. The van der Waals surface area contributed by atoms with Gasteiger partial charge in [-0.1, -0.05) is 24.3 Å². The summed E-state index contributed by atoms with van der Waals surface area (Å²) >= 11 is 0. The quantitative estimate of drug-likeness (QED) is 0.677. The topological polar surface area (TPSA) is 84.9 Å². The summed E-state index contributed by atoms with van der Waals surface area (Å²) in [5.74, 6) is 1.08. The van der Waals surface area contributed by atoms with Crippen LogP contribution in [0.1, 0.15) is 12.8 Å². The van der Waals surface area contributed by atoms with Crippen molar-refractivity contribution in [1.82, 2.24) is 0 Å². The van der Waals surface area contributed by atoms with E-state index >= 15 is 0 Å². The van der Waals surface area contributed by atoms with Gasteiger partial charge in [0.05, 0.1) is 10.6 Å². The first-order valence-corrected chi connectivity index (χ1v) is 11.2. The van der Waals surface area contributed by atoms with Crippen LogP contribution in [0.4, 0.5) is 11.4 Å². The lowest BCUT2D eigenvalue weighted by Crippen LogP contribution is -2.29. The number of anilines is 2. The minimum atomic E-state index is -3.59. The van der Waals surface area contributed by atoms with E-state index in [1.54, 1.807) is 30.3 Å². The van der Waals surface area contributed by atoms with E-state index in [9.17, 15) is 13.2 Å². The van der Waals surface area contributed by atoms with Crippen LogP contribution in [0.3, 0.4) is 0 Å². The molecular weight excluding hydrogens is 404 g/mol. The summed E-state index contributed by atoms with van der Waals surface area (Å²) in [4.78, 5) is 12.7. The van der Waals surface area contributed by atoms with Crippen molar-refractivity contribution in [2.75, 3.05) is 29.4 Å². The molecule has 5 rings (SSSR count). The zero-order chi connectivity index (χ0) is 20.7. The fourth-order valence-corrected chi connectivity index (χ4v) is 5.68. The number of rotatable bonds is 5. The standard InChI is InChI=1S/C22H20N2O5S/c25-21(23-16-9-10-18-19(14-16)29-13-12-28-18)8-3-11-24-17-6-1-4-15-5-2-7-20(22(15)17)30(24,26)27/h1-2,4-7,9-10,14H,3,8,11-13H2,(H,23,25). The van der Waals surface area contributed by atoms with Crippen LogP contribution in [-0.2, 0) is 14.8 Å². The number of amides is 1. The van der Waals surface area contributed by atoms with Crippen molar-refractivity contribution in [2.24, 2.45) is 0 Å². The number of benzene rings is 3. The number of nitrogens with one attached hydrogen (secondary N) is 1. The third kappa shape index (κ3) is 3.13. The van der Waals surface area contributed by atoms with E-state index in [2.05, 4.69) is 5.32 Å². The smallest absolute Gasteiger partial charge is 0.265 e. The van der Waals surface area contributed by atoms with Gasteiger partial charge in [-0.05, 0) is 36.1 Å². The predicted octanol–water partition coefficient (Wildman–Crippen LogP) is 3.54. The van der Waals surface area contributed by atoms with E-state index in [1.165, 1.54) is 4.31 Å². The Morgan fingerprint density at radius 1 is 1.00 bits per heavy atom. The Kier molecular flexibility index (Phi) is 4.51. The average Bonchev–Trinajstić information content (AvgIpc) is 2.97. The van der Waals surface area contributed by atoms with Gasteiger partial charge in [0, 0.05) is 30.1 Å². The van der Waals surface area contributed by atoms with E-state index in [0.717, 1.165) is 10.8 Å². The first kappa shape index (κ1) is 18.7. The molecule has 2 aliphatic rings. The van der Waals surface area contributed by atoms with Crippen LogP contribution in [0.25, 0.3) is 10.8 Å². The monoisotopic (exact) mass is 424 g/mol. The Labute approximate surface area is 174 Å². The van der Waals surface area contributed by atoms with Gasteiger partial charge in [-0.25, -0.2) is 8.42 Å². The number of ether oxygens (including phenoxy) is 2. The van der Waals surface area contributed by atoms with Gasteiger partial charge in [0.25, 0.3) is 10.0 Å². The summed E-state index contributed by atoms with van der Waals surface area (Å²) in [6, 6.07) is 16.1.